The normalized spacial score (nSPS) is 11.6. The quantitative estimate of drug-likeness (QED) is 0.127. The molecular formula is C26H52O. The van der Waals surface area contributed by atoms with Crippen molar-refractivity contribution in [3.05, 3.63) is 12.2 Å². The van der Waals surface area contributed by atoms with E-state index in [1.807, 2.05) is 0 Å². The molecule has 0 aromatic rings. The summed E-state index contributed by atoms with van der Waals surface area (Å²) in [5.74, 6) is 0. The van der Waals surface area contributed by atoms with Crippen molar-refractivity contribution in [3.63, 3.8) is 0 Å². The molecule has 0 heterocycles. The van der Waals surface area contributed by atoms with Crippen LogP contribution >= 0.6 is 0 Å². The molecule has 27 heavy (non-hydrogen) atoms. The lowest BCUT2D eigenvalue weighted by Crippen LogP contribution is -1.97. The smallest absolute Gasteiger partial charge is 0.0466 e. The van der Waals surface area contributed by atoms with Gasteiger partial charge in [-0.15, -0.1) is 0 Å². The summed E-state index contributed by atoms with van der Waals surface area (Å²) >= 11 is 0. The van der Waals surface area contributed by atoms with Crippen molar-refractivity contribution in [2.75, 3.05) is 13.2 Å². The molecule has 1 nitrogen and oxygen atoms in total. The summed E-state index contributed by atoms with van der Waals surface area (Å²) in [6.45, 7) is 6.51. The molecule has 0 N–H and O–H groups in total. The molecule has 0 bridgehead atoms. The lowest BCUT2D eigenvalue weighted by atomic mass is 10.1. The molecule has 1 heteroatoms. The van der Waals surface area contributed by atoms with Crippen molar-refractivity contribution < 1.29 is 4.74 Å². The van der Waals surface area contributed by atoms with E-state index < -0.39 is 0 Å². The summed E-state index contributed by atoms with van der Waals surface area (Å²) in [6, 6.07) is 0. The van der Waals surface area contributed by atoms with E-state index in [9.17, 15) is 0 Å². The van der Waals surface area contributed by atoms with Crippen LogP contribution in [0.3, 0.4) is 0 Å². The van der Waals surface area contributed by atoms with Gasteiger partial charge in [-0.2, -0.15) is 0 Å². The molecule has 0 saturated carbocycles. The van der Waals surface area contributed by atoms with Crippen molar-refractivity contribution >= 4 is 0 Å². The minimum atomic E-state index is 0.979. The third-order valence-electron chi connectivity index (χ3n) is 5.44. The zero-order chi connectivity index (χ0) is 19.7. The third kappa shape index (κ3) is 25.7. The average molecular weight is 381 g/mol. The zero-order valence-electron chi connectivity index (χ0n) is 19.1. The van der Waals surface area contributed by atoms with Gasteiger partial charge in [0, 0.05) is 13.2 Å². The van der Waals surface area contributed by atoms with Gasteiger partial charge in [-0.05, 0) is 38.5 Å². The first kappa shape index (κ1) is 26.7. The van der Waals surface area contributed by atoms with Gasteiger partial charge in [0.15, 0.2) is 0 Å². The van der Waals surface area contributed by atoms with Crippen LogP contribution in [0, 0.1) is 0 Å². The van der Waals surface area contributed by atoms with Crippen LogP contribution in [0.4, 0.5) is 0 Å². The first-order valence-electron chi connectivity index (χ1n) is 12.6. The van der Waals surface area contributed by atoms with E-state index in [0.717, 1.165) is 13.2 Å². The van der Waals surface area contributed by atoms with Crippen LogP contribution in [0.5, 0.6) is 0 Å². The summed E-state index contributed by atoms with van der Waals surface area (Å²) in [5.41, 5.74) is 0. The highest BCUT2D eigenvalue weighted by Crippen LogP contribution is 2.11. The SMILES string of the molecule is CCCCCCCCC/C=C/CCCCCCCCCOCCCCCC. The van der Waals surface area contributed by atoms with E-state index in [2.05, 4.69) is 26.0 Å². The molecule has 0 aromatic carbocycles. The average Bonchev–Trinajstić information content (AvgIpc) is 2.68. The molecule has 0 aliphatic carbocycles. The highest BCUT2D eigenvalue weighted by atomic mass is 16.5. The van der Waals surface area contributed by atoms with Gasteiger partial charge in [-0.3, -0.25) is 0 Å². The van der Waals surface area contributed by atoms with Gasteiger partial charge in [0.05, 0.1) is 0 Å². The Bertz CT molecular complexity index is 271. The van der Waals surface area contributed by atoms with Crippen molar-refractivity contribution in [1.82, 2.24) is 0 Å². The fraction of sp³-hybridized carbons (Fsp3) is 0.923. The molecule has 0 aliphatic rings. The number of hydrogen-bond donors (Lipinski definition) is 0. The number of unbranched alkanes of at least 4 members (excludes halogenated alkanes) is 17. The van der Waals surface area contributed by atoms with E-state index >= 15 is 0 Å². The standard InChI is InChI=1S/C26H52O/c1-3-5-7-9-10-11-12-13-14-15-16-17-18-19-20-21-22-24-26-27-25-23-8-6-4-2/h14-15H,3-13,16-26H2,1-2H3/b15-14+. The Labute approximate surface area is 172 Å². The van der Waals surface area contributed by atoms with E-state index in [1.54, 1.807) is 0 Å². The Balaban J connectivity index is 3.04. The zero-order valence-corrected chi connectivity index (χ0v) is 19.1. The summed E-state index contributed by atoms with van der Waals surface area (Å²) in [5, 5.41) is 0. The molecule has 0 saturated heterocycles. The third-order valence-corrected chi connectivity index (χ3v) is 5.44. The molecule has 0 amide bonds. The van der Waals surface area contributed by atoms with Gasteiger partial charge in [0.25, 0.3) is 0 Å². The van der Waals surface area contributed by atoms with Gasteiger partial charge in [-0.1, -0.05) is 116 Å². The Morgan fingerprint density at radius 3 is 1.19 bits per heavy atom. The van der Waals surface area contributed by atoms with E-state index in [4.69, 9.17) is 4.74 Å². The van der Waals surface area contributed by atoms with Crippen LogP contribution in [-0.2, 0) is 4.74 Å². The van der Waals surface area contributed by atoms with Gasteiger partial charge < -0.3 is 4.74 Å². The molecule has 0 unspecified atom stereocenters. The first-order valence-corrected chi connectivity index (χ1v) is 12.6. The Hall–Kier alpha value is -0.300. The van der Waals surface area contributed by atoms with E-state index in [1.165, 1.54) is 128 Å². The van der Waals surface area contributed by atoms with E-state index in [0.29, 0.717) is 0 Å². The lowest BCUT2D eigenvalue weighted by Gasteiger charge is -2.04. The van der Waals surface area contributed by atoms with Crippen molar-refractivity contribution in [2.45, 2.75) is 142 Å². The summed E-state index contributed by atoms with van der Waals surface area (Å²) in [6.07, 6.45) is 32.3. The van der Waals surface area contributed by atoms with Crippen molar-refractivity contribution in [2.24, 2.45) is 0 Å². The van der Waals surface area contributed by atoms with Crippen LogP contribution < -0.4 is 0 Å². The predicted molar refractivity (Wildman–Crippen MR) is 124 cm³/mol. The number of ether oxygens (including phenoxy) is 1. The molecule has 0 atom stereocenters. The second kappa shape index (κ2) is 25.7. The maximum Gasteiger partial charge on any atom is 0.0466 e. The molecule has 0 rings (SSSR count). The van der Waals surface area contributed by atoms with Crippen LogP contribution in [0.2, 0.25) is 0 Å². The molecule has 0 radical (unpaired) electrons. The van der Waals surface area contributed by atoms with Crippen molar-refractivity contribution in [3.8, 4) is 0 Å². The predicted octanol–water partition coefficient (Wildman–Crippen LogP) is 9.40. The number of hydrogen-bond acceptors (Lipinski definition) is 1. The fourth-order valence-electron chi connectivity index (χ4n) is 3.54. The monoisotopic (exact) mass is 380 g/mol. The molecule has 0 aromatic heterocycles. The number of rotatable bonds is 23. The first-order chi connectivity index (χ1) is 13.4. The molecule has 162 valence electrons. The fourth-order valence-corrected chi connectivity index (χ4v) is 3.54. The van der Waals surface area contributed by atoms with Crippen molar-refractivity contribution in [1.29, 1.82) is 0 Å². The second-order valence-corrected chi connectivity index (χ2v) is 8.32. The lowest BCUT2D eigenvalue weighted by molar-refractivity contribution is 0.125. The van der Waals surface area contributed by atoms with Gasteiger partial charge >= 0.3 is 0 Å². The number of allylic oxidation sites excluding steroid dienone is 2. The minimum absolute atomic E-state index is 0.979. The Morgan fingerprint density at radius 1 is 0.407 bits per heavy atom. The summed E-state index contributed by atoms with van der Waals surface area (Å²) in [7, 11) is 0. The topological polar surface area (TPSA) is 9.23 Å². The largest absolute Gasteiger partial charge is 0.381 e. The van der Waals surface area contributed by atoms with Gasteiger partial charge in [-0.25, -0.2) is 0 Å². The summed E-state index contributed by atoms with van der Waals surface area (Å²) in [4.78, 5) is 0. The van der Waals surface area contributed by atoms with E-state index in [-0.39, 0.29) is 0 Å². The van der Waals surface area contributed by atoms with Gasteiger partial charge in [0.2, 0.25) is 0 Å². The maximum atomic E-state index is 5.70. The van der Waals surface area contributed by atoms with Gasteiger partial charge in [0.1, 0.15) is 0 Å². The molecule has 0 aliphatic heterocycles. The van der Waals surface area contributed by atoms with Crippen LogP contribution in [0.15, 0.2) is 12.2 Å². The molecule has 0 fully saturated rings. The Kier molecular flexibility index (Phi) is 25.4. The molecular weight excluding hydrogens is 328 g/mol. The summed E-state index contributed by atoms with van der Waals surface area (Å²) < 4.78 is 5.70. The van der Waals surface area contributed by atoms with Crippen LogP contribution in [-0.4, -0.2) is 13.2 Å². The van der Waals surface area contributed by atoms with Crippen LogP contribution in [0.1, 0.15) is 142 Å². The Morgan fingerprint density at radius 2 is 0.741 bits per heavy atom. The highest BCUT2D eigenvalue weighted by molar-refractivity contribution is 4.81. The van der Waals surface area contributed by atoms with Crippen LogP contribution in [0.25, 0.3) is 0 Å². The maximum absolute atomic E-state index is 5.70. The minimum Gasteiger partial charge on any atom is -0.381 e. The molecule has 0 spiro atoms. The second-order valence-electron chi connectivity index (χ2n) is 8.32. The highest BCUT2D eigenvalue weighted by Gasteiger charge is 1.93.